The molecule has 1 atom stereocenters. The number of hydrogen-bond donors (Lipinski definition) is 2. The molecule has 2 aromatic carbocycles. The summed E-state index contributed by atoms with van der Waals surface area (Å²) in [6.07, 6.45) is 2.32. The van der Waals surface area contributed by atoms with Crippen molar-refractivity contribution < 1.29 is 4.21 Å². The molecule has 23 heavy (non-hydrogen) atoms. The van der Waals surface area contributed by atoms with Gasteiger partial charge in [0.2, 0.25) is 0 Å². The molecule has 1 aliphatic heterocycles. The second kappa shape index (κ2) is 6.30. The molecule has 2 N–H and O–H groups in total. The van der Waals surface area contributed by atoms with Crippen molar-refractivity contribution in [1.29, 1.82) is 0 Å². The lowest BCUT2D eigenvalue weighted by molar-refractivity contribution is 0.462. The lowest BCUT2D eigenvalue weighted by Gasteiger charge is -2.23. The summed E-state index contributed by atoms with van der Waals surface area (Å²) in [5.74, 6) is 0.580. The van der Waals surface area contributed by atoms with Gasteiger partial charge < -0.3 is 10.3 Å². The Labute approximate surface area is 138 Å². The minimum absolute atomic E-state index is 0.580. The second-order valence-corrected chi connectivity index (χ2v) is 7.50. The van der Waals surface area contributed by atoms with Crippen LogP contribution in [0.2, 0.25) is 0 Å². The number of nitrogens with one attached hydrogen (secondary N) is 2. The standard InChI is InChI=1S/C19H20N2OS/c22-23(16-6-2-1-3-7-16)18-13-15-5-4-8-17(19(15)21-18)14-9-11-20-12-10-14/h1-8,13-14,20-21H,9-12H2. The van der Waals surface area contributed by atoms with E-state index in [1.165, 1.54) is 5.56 Å². The molecule has 0 radical (unpaired) electrons. The van der Waals surface area contributed by atoms with Crippen molar-refractivity contribution in [2.75, 3.05) is 13.1 Å². The van der Waals surface area contributed by atoms with E-state index in [1.807, 2.05) is 36.4 Å². The number of fused-ring (bicyclic) bond motifs is 1. The molecule has 0 amide bonds. The molecule has 1 aliphatic rings. The van der Waals surface area contributed by atoms with Crippen LogP contribution < -0.4 is 5.32 Å². The summed E-state index contributed by atoms with van der Waals surface area (Å²) in [7, 11) is -1.16. The van der Waals surface area contributed by atoms with E-state index >= 15 is 0 Å². The molecule has 1 fully saturated rings. The zero-order valence-corrected chi connectivity index (χ0v) is 13.7. The first kappa shape index (κ1) is 14.7. The molecule has 4 heteroatoms. The number of hydrogen-bond acceptors (Lipinski definition) is 2. The minimum atomic E-state index is -1.16. The lowest BCUT2D eigenvalue weighted by Crippen LogP contribution is -2.26. The summed E-state index contributed by atoms with van der Waals surface area (Å²) in [5, 5.41) is 5.36. The summed E-state index contributed by atoms with van der Waals surface area (Å²) in [6.45, 7) is 2.15. The SMILES string of the molecule is O=S(c1ccccc1)c1cc2cccc(C3CCNCC3)c2[nH]1. The molecular weight excluding hydrogens is 304 g/mol. The fraction of sp³-hybridized carbons (Fsp3) is 0.263. The van der Waals surface area contributed by atoms with Gasteiger partial charge >= 0.3 is 0 Å². The van der Waals surface area contributed by atoms with Crippen molar-refractivity contribution in [2.24, 2.45) is 0 Å². The molecule has 118 valence electrons. The van der Waals surface area contributed by atoms with Gasteiger partial charge in [-0.2, -0.15) is 0 Å². The Morgan fingerprint density at radius 2 is 1.74 bits per heavy atom. The number of piperidine rings is 1. The van der Waals surface area contributed by atoms with Crippen LogP contribution in [0.15, 0.2) is 64.5 Å². The van der Waals surface area contributed by atoms with Gasteiger partial charge in [0.1, 0.15) is 15.8 Å². The fourth-order valence-corrected chi connectivity index (χ4v) is 4.49. The minimum Gasteiger partial charge on any atom is -0.347 e. The molecule has 0 bridgehead atoms. The Kier molecular flexibility index (Phi) is 4.02. The third kappa shape index (κ3) is 2.84. The van der Waals surface area contributed by atoms with Gasteiger partial charge in [-0.15, -0.1) is 0 Å². The third-order valence-electron chi connectivity index (χ3n) is 4.60. The summed E-state index contributed by atoms with van der Waals surface area (Å²) in [4.78, 5) is 4.27. The van der Waals surface area contributed by atoms with Gasteiger partial charge in [-0.25, -0.2) is 4.21 Å². The van der Waals surface area contributed by atoms with Crippen LogP contribution in [0.4, 0.5) is 0 Å². The molecule has 1 unspecified atom stereocenters. The molecule has 3 aromatic rings. The number of rotatable bonds is 3. The van der Waals surface area contributed by atoms with Crippen LogP contribution in [0.25, 0.3) is 10.9 Å². The van der Waals surface area contributed by atoms with E-state index < -0.39 is 10.8 Å². The molecule has 1 aromatic heterocycles. The maximum atomic E-state index is 12.8. The molecular formula is C19H20N2OS. The number of para-hydroxylation sites is 1. The van der Waals surface area contributed by atoms with Crippen LogP contribution in [0.5, 0.6) is 0 Å². The Morgan fingerprint density at radius 3 is 2.52 bits per heavy atom. The van der Waals surface area contributed by atoms with Gasteiger partial charge in [0, 0.05) is 15.8 Å². The summed E-state index contributed by atoms with van der Waals surface area (Å²) >= 11 is 0. The fourth-order valence-electron chi connectivity index (χ4n) is 3.40. The van der Waals surface area contributed by atoms with E-state index in [4.69, 9.17) is 0 Å². The smallest absolute Gasteiger partial charge is 0.110 e. The van der Waals surface area contributed by atoms with Gasteiger partial charge in [0.15, 0.2) is 0 Å². The van der Waals surface area contributed by atoms with Crippen LogP contribution >= 0.6 is 0 Å². The monoisotopic (exact) mass is 324 g/mol. The van der Waals surface area contributed by atoms with E-state index in [0.717, 1.165) is 46.8 Å². The van der Waals surface area contributed by atoms with Crippen LogP contribution in [0, 0.1) is 0 Å². The highest BCUT2D eigenvalue weighted by atomic mass is 32.2. The van der Waals surface area contributed by atoms with Crippen LogP contribution in [0.1, 0.15) is 24.3 Å². The van der Waals surface area contributed by atoms with E-state index in [1.54, 1.807) is 0 Å². The Balaban J connectivity index is 1.74. The normalized spacial score (nSPS) is 17.4. The summed E-state index contributed by atoms with van der Waals surface area (Å²) in [5.41, 5.74) is 2.51. The highest BCUT2D eigenvalue weighted by molar-refractivity contribution is 7.85. The predicted octanol–water partition coefficient (Wildman–Crippen LogP) is 3.80. The topological polar surface area (TPSA) is 44.9 Å². The van der Waals surface area contributed by atoms with Crippen molar-refractivity contribution in [3.05, 3.63) is 60.2 Å². The molecule has 4 rings (SSSR count). The predicted molar refractivity (Wildman–Crippen MR) is 94.3 cm³/mol. The summed E-state index contributed by atoms with van der Waals surface area (Å²) < 4.78 is 12.8. The quantitative estimate of drug-likeness (QED) is 0.769. The molecule has 0 aliphatic carbocycles. The zero-order chi connectivity index (χ0) is 15.6. The maximum absolute atomic E-state index is 12.8. The molecule has 1 saturated heterocycles. The molecule has 0 saturated carbocycles. The maximum Gasteiger partial charge on any atom is 0.110 e. The Bertz CT molecular complexity index is 835. The largest absolute Gasteiger partial charge is 0.347 e. The van der Waals surface area contributed by atoms with E-state index in [9.17, 15) is 4.21 Å². The third-order valence-corrected chi connectivity index (χ3v) is 5.92. The Hall–Kier alpha value is -1.91. The van der Waals surface area contributed by atoms with Crippen molar-refractivity contribution in [3.63, 3.8) is 0 Å². The number of aromatic amines is 1. The average Bonchev–Trinajstić information content (AvgIpc) is 3.06. The second-order valence-electron chi connectivity index (χ2n) is 6.05. The van der Waals surface area contributed by atoms with Crippen molar-refractivity contribution in [1.82, 2.24) is 10.3 Å². The van der Waals surface area contributed by atoms with E-state index in [-0.39, 0.29) is 0 Å². The average molecular weight is 324 g/mol. The molecule has 3 nitrogen and oxygen atoms in total. The highest BCUT2D eigenvalue weighted by Gasteiger charge is 2.19. The van der Waals surface area contributed by atoms with Crippen LogP contribution in [-0.2, 0) is 10.8 Å². The van der Waals surface area contributed by atoms with Gasteiger partial charge in [0.25, 0.3) is 0 Å². The molecule has 0 spiro atoms. The number of H-pyrrole nitrogens is 1. The van der Waals surface area contributed by atoms with Crippen molar-refractivity contribution in [3.8, 4) is 0 Å². The van der Waals surface area contributed by atoms with Crippen LogP contribution in [-0.4, -0.2) is 22.3 Å². The summed E-state index contributed by atoms with van der Waals surface area (Å²) in [6, 6.07) is 18.1. The van der Waals surface area contributed by atoms with Gasteiger partial charge in [-0.3, -0.25) is 0 Å². The molecule has 2 heterocycles. The van der Waals surface area contributed by atoms with Crippen molar-refractivity contribution >= 4 is 21.7 Å². The number of aromatic nitrogens is 1. The highest BCUT2D eigenvalue weighted by Crippen LogP contribution is 2.32. The lowest BCUT2D eigenvalue weighted by atomic mass is 9.89. The van der Waals surface area contributed by atoms with E-state index in [2.05, 4.69) is 28.5 Å². The van der Waals surface area contributed by atoms with Gasteiger partial charge in [0.05, 0.1) is 0 Å². The number of benzene rings is 2. The zero-order valence-electron chi connectivity index (χ0n) is 12.9. The van der Waals surface area contributed by atoms with Gasteiger partial charge in [-0.1, -0.05) is 36.4 Å². The van der Waals surface area contributed by atoms with Gasteiger partial charge in [-0.05, 0) is 55.6 Å². The first-order valence-corrected chi connectivity index (χ1v) is 9.27. The first-order chi connectivity index (χ1) is 11.3. The van der Waals surface area contributed by atoms with Crippen LogP contribution in [0.3, 0.4) is 0 Å². The first-order valence-electron chi connectivity index (χ1n) is 8.12. The Morgan fingerprint density at radius 1 is 0.957 bits per heavy atom. The van der Waals surface area contributed by atoms with E-state index in [0.29, 0.717) is 5.92 Å². The van der Waals surface area contributed by atoms with Crippen molar-refractivity contribution in [2.45, 2.75) is 28.7 Å².